The third-order valence-corrected chi connectivity index (χ3v) is 4.90. The lowest BCUT2D eigenvalue weighted by molar-refractivity contribution is -0.117. The largest absolute Gasteiger partial charge is 0.316 e. The average molecular weight is 280 g/mol. The van der Waals surface area contributed by atoms with Crippen molar-refractivity contribution in [2.24, 2.45) is 11.8 Å². The fourth-order valence-electron chi connectivity index (χ4n) is 3.03. The third kappa shape index (κ3) is 3.13. The number of carbonyl (C=O) groups excluding carboxylic acids is 1. The minimum Gasteiger partial charge on any atom is -0.316 e. The van der Waals surface area contributed by atoms with Crippen molar-refractivity contribution in [1.29, 1.82) is 0 Å². The molecule has 0 aromatic carbocycles. The summed E-state index contributed by atoms with van der Waals surface area (Å²) in [6.07, 6.45) is 1.21. The number of anilines is 1. The van der Waals surface area contributed by atoms with E-state index < -0.39 is 0 Å². The van der Waals surface area contributed by atoms with E-state index in [-0.39, 0.29) is 5.91 Å². The molecule has 2 aliphatic heterocycles. The van der Waals surface area contributed by atoms with Gasteiger partial charge in [0.15, 0.2) is 5.13 Å². The van der Waals surface area contributed by atoms with Crippen LogP contribution in [0.1, 0.15) is 12.1 Å². The van der Waals surface area contributed by atoms with Crippen LogP contribution in [0.15, 0.2) is 5.38 Å². The van der Waals surface area contributed by atoms with Crippen molar-refractivity contribution >= 4 is 22.4 Å². The summed E-state index contributed by atoms with van der Waals surface area (Å²) in [5.41, 5.74) is 0.957. The summed E-state index contributed by atoms with van der Waals surface area (Å²) in [6, 6.07) is 0. The van der Waals surface area contributed by atoms with E-state index in [1.165, 1.54) is 17.8 Å². The first-order valence-corrected chi connectivity index (χ1v) is 7.74. The minimum atomic E-state index is 0.0544. The van der Waals surface area contributed by atoms with Crippen LogP contribution in [0.3, 0.4) is 0 Å². The number of aryl methyl sites for hydroxylation is 1. The van der Waals surface area contributed by atoms with Crippen LogP contribution in [0.5, 0.6) is 0 Å². The molecular weight excluding hydrogens is 260 g/mol. The highest BCUT2D eigenvalue weighted by molar-refractivity contribution is 7.13. The van der Waals surface area contributed by atoms with Gasteiger partial charge in [-0.3, -0.25) is 9.69 Å². The van der Waals surface area contributed by atoms with Crippen molar-refractivity contribution in [2.75, 3.05) is 38.0 Å². The maximum Gasteiger partial charge on any atom is 0.240 e. The second-order valence-corrected chi connectivity index (χ2v) is 6.40. The number of piperidine rings is 1. The molecule has 3 heterocycles. The van der Waals surface area contributed by atoms with Gasteiger partial charge in [0.25, 0.3) is 0 Å². The van der Waals surface area contributed by atoms with Crippen molar-refractivity contribution in [3.63, 3.8) is 0 Å². The Kier molecular flexibility index (Phi) is 3.81. The quantitative estimate of drug-likeness (QED) is 0.865. The van der Waals surface area contributed by atoms with Crippen LogP contribution < -0.4 is 10.6 Å². The van der Waals surface area contributed by atoms with Gasteiger partial charge in [0.2, 0.25) is 5.91 Å². The highest BCUT2D eigenvalue weighted by Crippen LogP contribution is 2.26. The van der Waals surface area contributed by atoms with Gasteiger partial charge < -0.3 is 10.6 Å². The molecular formula is C13H20N4OS. The first-order chi connectivity index (χ1) is 9.20. The first-order valence-electron chi connectivity index (χ1n) is 6.86. The van der Waals surface area contributed by atoms with Crippen molar-refractivity contribution < 1.29 is 4.79 Å². The Morgan fingerprint density at radius 2 is 2.42 bits per heavy atom. The molecule has 2 atom stereocenters. The lowest BCUT2D eigenvalue weighted by Gasteiger charge is -2.33. The summed E-state index contributed by atoms with van der Waals surface area (Å²) in [6.45, 7) is 6.76. The number of aromatic nitrogens is 1. The fraction of sp³-hybridized carbons (Fsp3) is 0.692. The number of hydrogen-bond acceptors (Lipinski definition) is 5. The number of carbonyl (C=O) groups is 1. The minimum absolute atomic E-state index is 0.0544. The third-order valence-electron chi connectivity index (χ3n) is 4.02. The van der Waals surface area contributed by atoms with Gasteiger partial charge in [0.1, 0.15) is 0 Å². The van der Waals surface area contributed by atoms with E-state index in [0.29, 0.717) is 11.7 Å². The van der Waals surface area contributed by atoms with Crippen LogP contribution in [-0.4, -0.2) is 48.5 Å². The Balaban J connectivity index is 1.49. The molecule has 104 valence electrons. The lowest BCUT2D eigenvalue weighted by atomic mass is 9.89. The molecule has 0 spiro atoms. The van der Waals surface area contributed by atoms with E-state index in [1.54, 1.807) is 0 Å². The van der Waals surface area contributed by atoms with E-state index in [1.807, 2.05) is 12.3 Å². The van der Waals surface area contributed by atoms with Gasteiger partial charge in [-0.05, 0) is 44.8 Å². The van der Waals surface area contributed by atoms with Crippen molar-refractivity contribution in [3.8, 4) is 0 Å². The number of hydrogen-bond donors (Lipinski definition) is 2. The van der Waals surface area contributed by atoms with Crippen LogP contribution in [-0.2, 0) is 4.79 Å². The SMILES string of the molecule is Cc1csc(NC(=O)CN2CCC3CNCC3C2)n1. The predicted octanol–water partition coefficient (Wildman–Crippen LogP) is 0.931. The van der Waals surface area contributed by atoms with Crippen LogP contribution >= 0.6 is 11.3 Å². The number of nitrogens with zero attached hydrogens (tertiary/aromatic N) is 2. The molecule has 1 aromatic rings. The van der Waals surface area contributed by atoms with E-state index >= 15 is 0 Å². The Morgan fingerprint density at radius 3 is 3.21 bits per heavy atom. The van der Waals surface area contributed by atoms with Gasteiger partial charge in [-0.15, -0.1) is 11.3 Å². The molecule has 19 heavy (non-hydrogen) atoms. The zero-order valence-electron chi connectivity index (χ0n) is 11.2. The second kappa shape index (κ2) is 5.56. The van der Waals surface area contributed by atoms with Gasteiger partial charge in [-0.1, -0.05) is 0 Å². The number of nitrogens with one attached hydrogen (secondary N) is 2. The van der Waals surface area contributed by atoms with E-state index in [9.17, 15) is 4.79 Å². The Bertz CT molecular complexity index is 461. The van der Waals surface area contributed by atoms with E-state index in [2.05, 4.69) is 20.5 Å². The Morgan fingerprint density at radius 1 is 1.58 bits per heavy atom. The topological polar surface area (TPSA) is 57.3 Å². The zero-order valence-corrected chi connectivity index (χ0v) is 12.0. The summed E-state index contributed by atoms with van der Waals surface area (Å²) in [5.74, 6) is 1.60. The summed E-state index contributed by atoms with van der Waals surface area (Å²) in [4.78, 5) is 18.5. The Hall–Kier alpha value is -0.980. The maximum atomic E-state index is 12.0. The number of fused-ring (bicyclic) bond motifs is 1. The van der Waals surface area contributed by atoms with E-state index in [0.717, 1.165) is 43.7 Å². The van der Waals surface area contributed by atoms with Gasteiger partial charge in [0, 0.05) is 11.9 Å². The molecule has 2 N–H and O–H groups in total. The van der Waals surface area contributed by atoms with Crippen molar-refractivity contribution in [1.82, 2.24) is 15.2 Å². The molecule has 5 nitrogen and oxygen atoms in total. The monoisotopic (exact) mass is 280 g/mol. The lowest BCUT2D eigenvalue weighted by Crippen LogP contribution is -2.43. The highest BCUT2D eigenvalue weighted by atomic mass is 32.1. The smallest absolute Gasteiger partial charge is 0.240 e. The van der Waals surface area contributed by atoms with Crippen LogP contribution in [0.25, 0.3) is 0 Å². The van der Waals surface area contributed by atoms with Crippen LogP contribution in [0, 0.1) is 18.8 Å². The van der Waals surface area contributed by atoms with Gasteiger partial charge >= 0.3 is 0 Å². The molecule has 2 saturated heterocycles. The zero-order chi connectivity index (χ0) is 13.2. The molecule has 1 aromatic heterocycles. The van der Waals surface area contributed by atoms with Crippen molar-refractivity contribution in [2.45, 2.75) is 13.3 Å². The fourth-order valence-corrected chi connectivity index (χ4v) is 3.73. The molecule has 3 rings (SSSR count). The molecule has 0 bridgehead atoms. The summed E-state index contributed by atoms with van der Waals surface area (Å²) in [7, 11) is 0. The van der Waals surface area contributed by atoms with Crippen molar-refractivity contribution in [3.05, 3.63) is 11.1 Å². The van der Waals surface area contributed by atoms with E-state index in [4.69, 9.17) is 0 Å². The van der Waals surface area contributed by atoms with Gasteiger partial charge in [-0.25, -0.2) is 4.98 Å². The molecule has 0 saturated carbocycles. The van der Waals surface area contributed by atoms with Gasteiger partial charge in [-0.2, -0.15) is 0 Å². The molecule has 2 unspecified atom stereocenters. The maximum absolute atomic E-state index is 12.0. The molecule has 2 aliphatic rings. The average Bonchev–Trinajstić information content (AvgIpc) is 2.97. The summed E-state index contributed by atoms with van der Waals surface area (Å²) < 4.78 is 0. The number of thiazole rings is 1. The number of rotatable bonds is 3. The molecule has 6 heteroatoms. The number of amides is 1. The Labute approximate surface area is 117 Å². The first kappa shape index (κ1) is 13.0. The second-order valence-electron chi connectivity index (χ2n) is 5.54. The standard InChI is InChI=1S/C13H20N4OS/c1-9-8-19-13(15-9)16-12(18)7-17-3-2-10-4-14-5-11(10)6-17/h8,10-11,14H,2-7H2,1H3,(H,15,16,18). The van der Waals surface area contributed by atoms with Gasteiger partial charge in [0.05, 0.1) is 12.2 Å². The number of likely N-dealkylation sites (tertiary alicyclic amines) is 1. The summed E-state index contributed by atoms with van der Waals surface area (Å²) in [5, 5.41) is 8.98. The molecule has 1 amide bonds. The molecule has 0 aliphatic carbocycles. The normalized spacial score (nSPS) is 27.2. The molecule has 2 fully saturated rings. The van der Waals surface area contributed by atoms with Crippen LogP contribution in [0.2, 0.25) is 0 Å². The molecule has 0 radical (unpaired) electrons. The summed E-state index contributed by atoms with van der Waals surface area (Å²) >= 11 is 1.48. The van der Waals surface area contributed by atoms with Crippen LogP contribution in [0.4, 0.5) is 5.13 Å². The predicted molar refractivity (Wildman–Crippen MR) is 76.4 cm³/mol. The highest BCUT2D eigenvalue weighted by Gasteiger charge is 2.33.